The highest BCUT2D eigenvalue weighted by atomic mass is 19.3. The van der Waals surface area contributed by atoms with E-state index in [9.17, 15) is 23.1 Å². The number of carboxylic acids is 1. The first-order valence-corrected chi connectivity index (χ1v) is 13.2. The lowest BCUT2D eigenvalue weighted by molar-refractivity contribution is -0.0374. The lowest BCUT2D eigenvalue weighted by atomic mass is 9.86. The van der Waals surface area contributed by atoms with Crippen LogP contribution in [0.25, 0.3) is 10.9 Å². The number of carbonyl (C=O) groups is 1. The van der Waals surface area contributed by atoms with Crippen LogP contribution in [0.15, 0.2) is 30.3 Å². The molecule has 39 heavy (non-hydrogen) atoms. The normalized spacial score (nSPS) is 20.8. The number of fused-ring (bicyclic) bond motifs is 3. The second-order valence-electron chi connectivity index (χ2n) is 11.1. The molecule has 2 N–H and O–H groups in total. The van der Waals surface area contributed by atoms with Crippen molar-refractivity contribution in [1.82, 2.24) is 14.8 Å². The molecule has 2 aliphatic rings. The average Bonchev–Trinajstić information content (AvgIpc) is 3.18. The zero-order valence-corrected chi connectivity index (χ0v) is 21.9. The molecule has 2 aromatic carbocycles. The molecule has 2 unspecified atom stereocenters. The van der Waals surface area contributed by atoms with E-state index in [1.54, 1.807) is 13.0 Å². The van der Waals surface area contributed by atoms with Gasteiger partial charge in [-0.3, -0.25) is 9.29 Å². The largest absolute Gasteiger partial charge is 0.478 e. The summed E-state index contributed by atoms with van der Waals surface area (Å²) in [5.74, 6) is -5.62. The van der Waals surface area contributed by atoms with Crippen molar-refractivity contribution in [2.75, 3.05) is 32.9 Å². The molecule has 210 valence electrons. The predicted molar refractivity (Wildman–Crippen MR) is 138 cm³/mol. The van der Waals surface area contributed by atoms with Crippen LogP contribution in [0.3, 0.4) is 0 Å². The lowest BCUT2D eigenvalue weighted by Crippen LogP contribution is -2.48. The SMILES string of the molecule is CC1Cc2c([nH]c3ccc(C(=O)O)cc23)C(c2c(F)cc(CC3CN(CCCF)C3)cc2F)N1CC(C)(F)F. The fraction of sp³-hybridized carbons (Fsp3) is 0.483. The Kier molecular flexibility index (Phi) is 7.45. The number of alkyl halides is 3. The van der Waals surface area contributed by atoms with Gasteiger partial charge in [-0.25, -0.2) is 22.4 Å². The number of aromatic amines is 1. The highest BCUT2D eigenvalue weighted by molar-refractivity contribution is 5.95. The van der Waals surface area contributed by atoms with E-state index in [1.165, 1.54) is 29.2 Å². The molecule has 0 amide bonds. The van der Waals surface area contributed by atoms with Gasteiger partial charge in [0.15, 0.2) is 0 Å². The number of rotatable bonds is 9. The van der Waals surface area contributed by atoms with Crippen LogP contribution in [0.2, 0.25) is 0 Å². The van der Waals surface area contributed by atoms with Gasteiger partial charge in [0.2, 0.25) is 0 Å². The van der Waals surface area contributed by atoms with Crippen LogP contribution in [-0.4, -0.2) is 70.7 Å². The predicted octanol–water partition coefficient (Wildman–Crippen LogP) is 5.97. The maximum absolute atomic E-state index is 15.8. The third-order valence-electron chi connectivity index (χ3n) is 7.89. The van der Waals surface area contributed by atoms with Crippen LogP contribution in [-0.2, 0) is 12.8 Å². The van der Waals surface area contributed by atoms with E-state index in [0.29, 0.717) is 53.5 Å². The number of hydrogen-bond acceptors (Lipinski definition) is 3. The Bertz CT molecular complexity index is 1360. The van der Waals surface area contributed by atoms with Crippen LogP contribution in [0.1, 0.15) is 59.1 Å². The van der Waals surface area contributed by atoms with Crippen molar-refractivity contribution in [3.05, 3.63) is 69.9 Å². The molecule has 10 heteroatoms. The number of benzene rings is 2. The molecule has 5 rings (SSSR count). The van der Waals surface area contributed by atoms with Gasteiger partial charge in [-0.15, -0.1) is 0 Å². The minimum atomic E-state index is -3.11. The van der Waals surface area contributed by atoms with E-state index < -0.39 is 42.2 Å². The molecule has 0 spiro atoms. The number of carboxylic acid groups (broad SMARTS) is 1. The van der Waals surface area contributed by atoms with Crippen LogP contribution in [0, 0.1) is 17.6 Å². The number of halogens is 5. The van der Waals surface area contributed by atoms with E-state index in [1.807, 2.05) is 0 Å². The molecule has 3 heterocycles. The molecular weight excluding hydrogens is 517 g/mol. The number of aromatic nitrogens is 1. The second-order valence-corrected chi connectivity index (χ2v) is 11.1. The van der Waals surface area contributed by atoms with E-state index in [4.69, 9.17) is 0 Å². The van der Waals surface area contributed by atoms with Gasteiger partial charge in [-0.05, 0) is 73.6 Å². The Morgan fingerprint density at radius 2 is 1.85 bits per heavy atom. The molecule has 1 aromatic heterocycles. The summed E-state index contributed by atoms with van der Waals surface area (Å²) < 4.78 is 72.6. The molecular formula is C29H32F5N3O2. The molecule has 1 saturated heterocycles. The van der Waals surface area contributed by atoms with Crippen molar-refractivity contribution in [2.45, 2.75) is 51.1 Å². The van der Waals surface area contributed by atoms with Gasteiger partial charge in [0.1, 0.15) is 11.6 Å². The van der Waals surface area contributed by atoms with Crippen LogP contribution in [0.4, 0.5) is 22.0 Å². The minimum absolute atomic E-state index is 0.0667. The van der Waals surface area contributed by atoms with Crippen molar-refractivity contribution in [3.63, 3.8) is 0 Å². The standard InChI is InChI=1S/C29H32F5N3O2/c1-16-8-21-20-12-19(28(38)39)4-5-24(20)35-26(21)27(37(16)15-29(2,33)34)25-22(31)10-17(11-23(25)32)9-18-13-36(14-18)7-3-6-30/h4-5,10-12,16,18,27,35H,3,6-9,13-15H2,1-2H3,(H,38,39). The molecule has 0 radical (unpaired) electrons. The number of nitrogens with zero attached hydrogens (tertiary/aromatic N) is 2. The third-order valence-corrected chi connectivity index (χ3v) is 7.89. The summed E-state index contributed by atoms with van der Waals surface area (Å²) >= 11 is 0. The van der Waals surface area contributed by atoms with Crippen molar-refractivity contribution in [1.29, 1.82) is 0 Å². The Balaban J connectivity index is 1.53. The summed E-state index contributed by atoms with van der Waals surface area (Å²) in [6, 6.07) is 5.45. The van der Waals surface area contributed by atoms with Crippen LogP contribution >= 0.6 is 0 Å². The first kappa shape index (κ1) is 27.6. The number of H-pyrrole nitrogens is 1. The second kappa shape index (κ2) is 10.5. The molecule has 0 saturated carbocycles. The first-order valence-electron chi connectivity index (χ1n) is 13.2. The average molecular weight is 550 g/mol. The lowest BCUT2D eigenvalue weighted by Gasteiger charge is -2.42. The Morgan fingerprint density at radius 1 is 1.15 bits per heavy atom. The summed E-state index contributed by atoms with van der Waals surface area (Å²) in [6.07, 6.45) is 1.24. The topological polar surface area (TPSA) is 59.6 Å². The monoisotopic (exact) mass is 549 g/mol. The fourth-order valence-corrected chi connectivity index (χ4v) is 6.19. The maximum atomic E-state index is 15.8. The summed E-state index contributed by atoms with van der Waals surface area (Å²) in [4.78, 5) is 18.3. The van der Waals surface area contributed by atoms with Gasteiger partial charge in [-0.2, -0.15) is 0 Å². The minimum Gasteiger partial charge on any atom is -0.478 e. The van der Waals surface area contributed by atoms with E-state index >= 15 is 8.78 Å². The molecule has 0 bridgehead atoms. The smallest absolute Gasteiger partial charge is 0.335 e. The van der Waals surface area contributed by atoms with Crippen LogP contribution < -0.4 is 0 Å². The van der Waals surface area contributed by atoms with Gasteiger partial charge in [0, 0.05) is 54.8 Å². The highest BCUT2D eigenvalue weighted by Crippen LogP contribution is 2.44. The summed E-state index contributed by atoms with van der Waals surface area (Å²) in [5.41, 5.74) is 1.89. The zero-order chi connectivity index (χ0) is 28.1. The molecule has 2 aliphatic heterocycles. The number of likely N-dealkylation sites (tertiary alicyclic amines) is 1. The number of hydrogen-bond donors (Lipinski definition) is 2. The van der Waals surface area contributed by atoms with Crippen molar-refractivity contribution in [3.8, 4) is 0 Å². The van der Waals surface area contributed by atoms with Crippen molar-refractivity contribution < 1.29 is 31.9 Å². The van der Waals surface area contributed by atoms with Gasteiger partial charge >= 0.3 is 5.97 Å². The summed E-state index contributed by atoms with van der Waals surface area (Å²) in [5, 5.41) is 10.1. The van der Waals surface area contributed by atoms with Crippen molar-refractivity contribution in [2.24, 2.45) is 5.92 Å². The van der Waals surface area contributed by atoms with Crippen molar-refractivity contribution >= 4 is 16.9 Å². The number of nitrogens with one attached hydrogen (secondary N) is 1. The van der Waals surface area contributed by atoms with Gasteiger partial charge < -0.3 is 15.0 Å². The summed E-state index contributed by atoms with van der Waals surface area (Å²) in [6.45, 7) is 3.57. The maximum Gasteiger partial charge on any atom is 0.335 e. The quantitative estimate of drug-likeness (QED) is 0.323. The molecule has 2 atom stereocenters. The zero-order valence-electron chi connectivity index (χ0n) is 21.9. The molecule has 1 fully saturated rings. The van der Waals surface area contributed by atoms with Gasteiger partial charge in [0.05, 0.1) is 24.8 Å². The number of aromatic carboxylic acids is 1. The Hall–Kier alpha value is -2.98. The Labute approximate surface area is 223 Å². The Morgan fingerprint density at radius 3 is 2.46 bits per heavy atom. The third kappa shape index (κ3) is 5.54. The van der Waals surface area contributed by atoms with Crippen LogP contribution in [0.5, 0.6) is 0 Å². The molecule has 3 aromatic rings. The van der Waals surface area contributed by atoms with Gasteiger partial charge in [0.25, 0.3) is 5.92 Å². The van der Waals surface area contributed by atoms with Gasteiger partial charge in [-0.1, -0.05) is 0 Å². The summed E-state index contributed by atoms with van der Waals surface area (Å²) in [7, 11) is 0. The first-order chi connectivity index (χ1) is 18.4. The highest BCUT2D eigenvalue weighted by Gasteiger charge is 2.42. The fourth-order valence-electron chi connectivity index (χ4n) is 6.19. The van der Waals surface area contributed by atoms with E-state index in [-0.39, 0.29) is 23.7 Å². The van der Waals surface area contributed by atoms with E-state index in [2.05, 4.69) is 9.88 Å². The molecule has 5 nitrogen and oxygen atoms in total. The van der Waals surface area contributed by atoms with E-state index in [0.717, 1.165) is 20.0 Å². The molecule has 0 aliphatic carbocycles.